The van der Waals surface area contributed by atoms with Crippen molar-refractivity contribution in [2.45, 2.75) is 65.0 Å². The van der Waals surface area contributed by atoms with E-state index in [0.717, 1.165) is 84.2 Å². The lowest BCUT2D eigenvalue weighted by molar-refractivity contribution is 0.177. The Kier molecular flexibility index (Phi) is 8.20. The SMILES string of the molecule is COc1cc2c(NC3CCN(C(C)C)CC3)cc(-c3ccc(C)o3)nc2cc1OCCCN1CCCC1. The summed E-state index contributed by atoms with van der Waals surface area (Å²) in [5.41, 5.74) is 2.77. The Morgan fingerprint density at radius 1 is 1.05 bits per heavy atom. The van der Waals surface area contributed by atoms with Crippen LogP contribution in [0.4, 0.5) is 5.69 Å². The molecule has 200 valence electrons. The summed E-state index contributed by atoms with van der Waals surface area (Å²) < 4.78 is 17.9. The highest BCUT2D eigenvalue weighted by molar-refractivity contribution is 5.95. The fourth-order valence-electron chi connectivity index (χ4n) is 5.58. The minimum absolute atomic E-state index is 0.416. The van der Waals surface area contributed by atoms with Gasteiger partial charge in [0.1, 0.15) is 11.5 Å². The number of aromatic nitrogens is 1. The van der Waals surface area contributed by atoms with Crippen molar-refractivity contribution in [1.29, 1.82) is 0 Å². The van der Waals surface area contributed by atoms with Crippen LogP contribution >= 0.6 is 0 Å². The van der Waals surface area contributed by atoms with Gasteiger partial charge in [0.25, 0.3) is 0 Å². The number of piperidine rings is 1. The molecule has 0 bridgehead atoms. The minimum atomic E-state index is 0.416. The molecule has 37 heavy (non-hydrogen) atoms. The number of methoxy groups -OCH3 is 1. The third kappa shape index (κ3) is 6.21. The van der Waals surface area contributed by atoms with Gasteiger partial charge < -0.3 is 29.0 Å². The van der Waals surface area contributed by atoms with Crippen LogP contribution in [0.25, 0.3) is 22.4 Å². The van der Waals surface area contributed by atoms with Crippen LogP contribution in [0.1, 0.15) is 51.7 Å². The van der Waals surface area contributed by atoms with E-state index >= 15 is 0 Å². The Morgan fingerprint density at radius 2 is 1.84 bits per heavy atom. The highest BCUT2D eigenvalue weighted by Gasteiger charge is 2.22. The molecular formula is C30H42N4O3. The molecule has 2 fully saturated rings. The number of nitrogens with one attached hydrogen (secondary N) is 1. The molecule has 2 aliphatic rings. The Balaban J connectivity index is 1.40. The maximum Gasteiger partial charge on any atom is 0.163 e. The standard InChI is InChI=1S/C30H42N4O3/c1-21(2)34-15-10-23(11-16-34)31-25-19-27(28-9-8-22(3)37-28)32-26-20-30(29(35-4)18-24(25)26)36-17-7-14-33-12-5-6-13-33/h8-9,18-21,23H,5-7,10-17H2,1-4H3,(H,31,32). The Bertz CT molecular complexity index is 1180. The third-order valence-electron chi connectivity index (χ3n) is 7.78. The van der Waals surface area contributed by atoms with Gasteiger partial charge in [-0.05, 0) is 90.2 Å². The Hall–Kier alpha value is -2.77. The third-order valence-corrected chi connectivity index (χ3v) is 7.78. The van der Waals surface area contributed by atoms with Crippen molar-refractivity contribution in [1.82, 2.24) is 14.8 Å². The van der Waals surface area contributed by atoms with Crippen LogP contribution in [0.5, 0.6) is 11.5 Å². The summed E-state index contributed by atoms with van der Waals surface area (Å²) in [6, 6.07) is 11.2. The number of ether oxygens (including phenoxy) is 2. The lowest BCUT2D eigenvalue weighted by Gasteiger charge is -2.35. The van der Waals surface area contributed by atoms with Crippen molar-refractivity contribution < 1.29 is 13.9 Å². The van der Waals surface area contributed by atoms with Crippen LogP contribution in [0.3, 0.4) is 0 Å². The number of aryl methyl sites for hydroxylation is 1. The lowest BCUT2D eigenvalue weighted by atomic mass is 10.0. The Labute approximate surface area is 221 Å². The summed E-state index contributed by atoms with van der Waals surface area (Å²) >= 11 is 0. The number of furan rings is 1. The summed E-state index contributed by atoms with van der Waals surface area (Å²) in [5.74, 6) is 3.15. The number of hydrogen-bond donors (Lipinski definition) is 1. The van der Waals surface area contributed by atoms with Crippen LogP contribution in [0, 0.1) is 6.92 Å². The van der Waals surface area contributed by atoms with Crippen LogP contribution in [-0.2, 0) is 0 Å². The maximum atomic E-state index is 6.23. The molecule has 0 atom stereocenters. The zero-order chi connectivity index (χ0) is 25.8. The molecule has 0 spiro atoms. The number of benzene rings is 1. The van der Waals surface area contributed by atoms with Gasteiger partial charge >= 0.3 is 0 Å². The summed E-state index contributed by atoms with van der Waals surface area (Å²) in [6.45, 7) is 12.9. The predicted octanol–water partition coefficient (Wildman–Crippen LogP) is 5.96. The van der Waals surface area contributed by atoms with E-state index in [0.29, 0.717) is 18.7 Å². The van der Waals surface area contributed by atoms with Gasteiger partial charge in [0.2, 0.25) is 0 Å². The molecule has 0 amide bonds. The van der Waals surface area contributed by atoms with Gasteiger partial charge in [-0.15, -0.1) is 0 Å². The molecule has 1 aromatic carbocycles. The van der Waals surface area contributed by atoms with Crippen LogP contribution in [0.15, 0.2) is 34.7 Å². The first-order valence-electron chi connectivity index (χ1n) is 14.0. The second kappa shape index (κ2) is 11.7. The number of fused-ring (bicyclic) bond motifs is 1. The predicted molar refractivity (Wildman–Crippen MR) is 150 cm³/mol. The highest BCUT2D eigenvalue weighted by Crippen LogP contribution is 2.38. The van der Waals surface area contributed by atoms with Crippen molar-refractivity contribution in [3.63, 3.8) is 0 Å². The first-order chi connectivity index (χ1) is 18.0. The van der Waals surface area contributed by atoms with Crippen molar-refractivity contribution in [3.8, 4) is 23.0 Å². The van der Waals surface area contributed by atoms with E-state index < -0.39 is 0 Å². The molecule has 0 radical (unpaired) electrons. The first-order valence-corrected chi connectivity index (χ1v) is 14.0. The number of rotatable bonds is 10. The molecule has 7 nitrogen and oxygen atoms in total. The van der Waals surface area contributed by atoms with Gasteiger partial charge in [-0.25, -0.2) is 4.98 Å². The monoisotopic (exact) mass is 506 g/mol. The fraction of sp³-hybridized carbons (Fsp3) is 0.567. The van der Waals surface area contributed by atoms with Gasteiger partial charge in [0.15, 0.2) is 17.3 Å². The summed E-state index contributed by atoms with van der Waals surface area (Å²) in [4.78, 5) is 10.1. The summed E-state index contributed by atoms with van der Waals surface area (Å²) in [7, 11) is 1.71. The molecule has 5 rings (SSSR count). The molecule has 0 unspecified atom stereocenters. The quantitative estimate of drug-likeness (QED) is 0.340. The van der Waals surface area contributed by atoms with Gasteiger partial charge in [-0.1, -0.05) is 0 Å². The zero-order valence-corrected chi connectivity index (χ0v) is 22.9. The largest absolute Gasteiger partial charge is 0.493 e. The maximum absolute atomic E-state index is 6.23. The average molecular weight is 507 g/mol. The lowest BCUT2D eigenvalue weighted by Crippen LogP contribution is -2.42. The highest BCUT2D eigenvalue weighted by atomic mass is 16.5. The second-order valence-electron chi connectivity index (χ2n) is 10.8. The van der Waals surface area contributed by atoms with Gasteiger partial charge in [-0.3, -0.25) is 0 Å². The van der Waals surface area contributed by atoms with E-state index in [1.165, 1.54) is 25.9 Å². The normalized spacial score (nSPS) is 17.6. The smallest absolute Gasteiger partial charge is 0.163 e. The molecule has 7 heteroatoms. The summed E-state index contributed by atoms with van der Waals surface area (Å²) in [6.07, 6.45) is 5.87. The van der Waals surface area contributed by atoms with Gasteiger partial charge in [0.05, 0.1) is 19.2 Å². The zero-order valence-electron chi connectivity index (χ0n) is 22.9. The van der Waals surface area contributed by atoms with E-state index in [1.54, 1.807) is 7.11 Å². The van der Waals surface area contributed by atoms with Gasteiger partial charge in [-0.2, -0.15) is 0 Å². The molecular weight excluding hydrogens is 464 g/mol. The van der Waals surface area contributed by atoms with E-state index in [9.17, 15) is 0 Å². The first kappa shape index (κ1) is 25.9. The number of hydrogen-bond acceptors (Lipinski definition) is 7. The van der Waals surface area contributed by atoms with E-state index in [1.807, 2.05) is 25.1 Å². The number of anilines is 1. The van der Waals surface area contributed by atoms with E-state index in [4.69, 9.17) is 18.9 Å². The number of nitrogens with zero attached hydrogens (tertiary/aromatic N) is 3. The van der Waals surface area contributed by atoms with E-state index in [-0.39, 0.29) is 0 Å². The topological polar surface area (TPSA) is 63.0 Å². The summed E-state index contributed by atoms with van der Waals surface area (Å²) in [5, 5.41) is 4.89. The minimum Gasteiger partial charge on any atom is -0.493 e. The number of likely N-dealkylation sites (tertiary alicyclic amines) is 2. The van der Waals surface area contributed by atoms with Crippen LogP contribution in [0.2, 0.25) is 0 Å². The van der Waals surface area contributed by atoms with Crippen molar-refractivity contribution in [3.05, 3.63) is 36.1 Å². The molecule has 0 aliphatic carbocycles. The molecule has 2 aromatic heterocycles. The van der Waals surface area contributed by atoms with Crippen molar-refractivity contribution >= 4 is 16.6 Å². The van der Waals surface area contributed by atoms with E-state index in [2.05, 4.69) is 41.1 Å². The molecule has 0 saturated carbocycles. The van der Waals surface area contributed by atoms with Crippen molar-refractivity contribution in [2.24, 2.45) is 0 Å². The van der Waals surface area contributed by atoms with Crippen LogP contribution in [-0.4, -0.2) is 73.3 Å². The molecule has 1 N–H and O–H groups in total. The fourth-order valence-corrected chi connectivity index (χ4v) is 5.58. The molecule has 3 aromatic rings. The molecule has 4 heterocycles. The average Bonchev–Trinajstić information content (AvgIpc) is 3.58. The van der Waals surface area contributed by atoms with Gasteiger partial charge in [0, 0.05) is 48.9 Å². The molecule has 2 saturated heterocycles. The Morgan fingerprint density at radius 3 is 2.51 bits per heavy atom. The number of pyridine rings is 1. The molecule has 2 aliphatic heterocycles. The van der Waals surface area contributed by atoms with Crippen LogP contribution < -0.4 is 14.8 Å². The second-order valence-corrected chi connectivity index (χ2v) is 10.8. The van der Waals surface area contributed by atoms with Crippen molar-refractivity contribution in [2.75, 3.05) is 51.8 Å².